The molecule has 0 spiro atoms. The molecule has 0 aliphatic heterocycles. The van der Waals surface area contributed by atoms with Gasteiger partial charge in [0.25, 0.3) is 5.22 Å². The van der Waals surface area contributed by atoms with Crippen molar-refractivity contribution in [3.8, 4) is 11.5 Å². The highest BCUT2D eigenvalue weighted by molar-refractivity contribution is 9.10. The highest BCUT2D eigenvalue weighted by atomic mass is 79.9. The van der Waals surface area contributed by atoms with E-state index < -0.39 is 0 Å². The third-order valence-electron chi connectivity index (χ3n) is 3.47. The minimum absolute atomic E-state index is 0.123. The van der Waals surface area contributed by atoms with Crippen molar-refractivity contribution in [2.24, 2.45) is 0 Å². The SMILES string of the molecule is Cc1ccc(-c2nnc(SCC(=O)Nc3ccc(Br)c(C)c3)o2)cc1. The topological polar surface area (TPSA) is 68.0 Å². The highest BCUT2D eigenvalue weighted by Gasteiger charge is 2.11. The van der Waals surface area contributed by atoms with E-state index in [0.717, 1.165) is 26.9 Å². The van der Waals surface area contributed by atoms with Gasteiger partial charge in [-0.25, -0.2) is 0 Å². The number of aryl methyl sites for hydroxylation is 2. The van der Waals surface area contributed by atoms with Gasteiger partial charge in [-0.3, -0.25) is 4.79 Å². The molecule has 7 heteroatoms. The number of nitrogens with one attached hydrogen (secondary N) is 1. The molecule has 1 aromatic heterocycles. The second-order valence-electron chi connectivity index (χ2n) is 5.54. The maximum atomic E-state index is 12.1. The summed E-state index contributed by atoms with van der Waals surface area (Å²) in [6.07, 6.45) is 0. The van der Waals surface area contributed by atoms with Crippen molar-refractivity contribution in [3.63, 3.8) is 0 Å². The van der Waals surface area contributed by atoms with Crippen LogP contribution in [-0.2, 0) is 4.79 Å². The molecule has 5 nitrogen and oxygen atoms in total. The maximum Gasteiger partial charge on any atom is 0.277 e. The Morgan fingerprint density at radius 2 is 1.92 bits per heavy atom. The van der Waals surface area contributed by atoms with Crippen molar-refractivity contribution >= 4 is 39.3 Å². The first kappa shape index (κ1) is 17.7. The maximum absolute atomic E-state index is 12.1. The fourth-order valence-electron chi connectivity index (χ4n) is 2.13. The fourth-order valence-corrected chi connectivity index (χ4v) is 2.94. The van der Waals surface area contributed by atoms with Crippen LogP contribution in [0.5, 0.6) is 0 Å². The Labute approximate surface area is 158 Å². The van der Waals surface area contributed by atoms with Crippen LogP contribution in [0.1, 0.15) is 11.1 Å². The Hall–Kier alpha value is -2.12. The number of amides is 1. The molecule has 0 saturated heterocycles. The number of benzene rings is 2. The summed E-state index contributed by atoms with van der Waals surface area (Å²) in [7, 11) is 0. The molecular weight excluding hydrogens is 402 g/mol. The number of carbonyl (C=O) groups excluding carboxylic acids is 1. The summed E-state index contributed by atoms with van der Waals surface area (Å²) in [5.74, 6) is 0.526. The van der Waals surface area contributed by atoms with Gasteiger partial charge in [0, 0.05) is 15.7 Å². The van der Waals surface area contributed by atoms with E-state index in [2.05, 4.69) is 31.4 Å². The predicted molar refractivity (Wildman–Crippen MR) is 103 cm³/mol. The van der Waals surface area contributed by atoms with Crippen LogP contribution in [0.25, 0.3) is 11.5 Å². The first-order valence-corrected chi connectivity index (χ1v) is 9.38. The molecular formula is C18H16BrN3O2S. The molecule has 0 aliphatic carbocycles. The highest BCUT2D eigenvalue weighted by Crippen LogP contribution is 2.24. The van der Waals surface area contributed by atoms with Crippen LogP contribution < -0.4 is 5.32 Å². The molecule has 0 atom stereocenters. The number of halogens is 1. The Morgan fingerprint density at radius 3 is 2.64 bits per heavy atom. The van der Waals surface area contributed by atoms with Gasteiger partial charge in [-0.2, -0.15) is 0 Å². The summed E-state index contributed by atoms with van der Waals surface area (Å²) in [5.41, 5.74) is 3.85. The summed E-state index contributed by atoms with van der Waals surface area (Å²) < 4.78 is 6.61. The number of rotatable bonds is 5. The molecule has 1 N–H and O–H groups in total. The van der Waals surface area contributed by atoms with Gasteiger partial charge in [-0.05, 0) is 49.7 Å². The van der Waals surface area contributed by atoms with Gasteiger partial charge in [0.05, 0.1) is 5.75 Å². The third kappa shape index (κ3) is 4.70. The Morgan fingerprint density at radius 1 is 1.16 bits per heavy atom. The second-order valence-corrected chi connectivity index (χ2v) is 7.32. The molecule has 0 saturated carbocycles. The summed E-state index contributed by atoms with van der Waals surface area (Å²) in [6.45, 7) is 3.99. The van der Waals surface area contributed by atoms with Crippen LogP contribution in [0.2, 0.25) is 0 Å². The standard InChI is InChI=1S/C18H16BrN3O2S/c1-11-3-5-13(6-4-11)17-21-22-18(24-17)25-10-16(23)20-14-7-8-15(19)12(2)9-14/h3-9H,10H2,1-2H3,(H,20,23). The lowest BCUT2D eigenvalue weighted by Crippen LogP contribution is -2.14. The lowest BCUT2D eigenvalue weighted by Gasteiger charge is -2.06. The van der Waals surface area contributed by atoms with Crippen LogP contribution >= 0.6 is 27.7 Å². The first-order chi connectivity index (χ1) is 12.0. The average molecular weight is 418 g/mol. The van der Waals surface area contributed by atoms with Crippen LogP contribution in [0, 0.1) is 13.8 Å². The minimum atomic E-state index is -0.123. The molecule has 3 rings (SSSR count). The van der Waals surface area contributed by atoms with Gasteiger partial charge in [0.2, 0.25) is 11.8 Å². The number of thioether (sulfide) groups is 1. The van der Waals surface area contributed by atoms with Gasteiger partial charge in [-0.15, -0.1) is 10.2 Å². The van der Waals surface area contributed by atoms with Crippen LogP contribution in [0.3, 0.4) is 0 Å². The van der Waals surface area contributed by atoms with Crippen molar-refractivity contribution < 1.29 is 9.21 Å². The molecule has 25 heavy (non-hydrogen) atoms. The largest absolute Gasteiger partial charge is 0.411 e. The van der Waals surface area contributed by atoms with Crippen molar-refractivity contribution in [1.29, 1.82) is 0 Å². The van der Waals surface area contributed by atoms with Crippen molar-refractivity contribution in [1.82, 2.24) is 10.2 Å². The van der Waals surface area contributed by atoms with Gasteiger partial charge >= 0.3 is 0 Å². The molecule has 1 heterocycles. The number of hydrogen-bond acceptors (Lipinski definition) is 5. The predicted octanol–water partition coefficient (Wildman–Crippen LogP) is 4.85. The number of aromatic nitrogens is 2. The van der Waals surface area contributed by atoms with E-state index in [1.54, 1.807) is 0 Å². The van der Waals surface area contributed by atoms with E-state index >= 15 is 0 Å². The van der Waals surface area contributed by atoms with Crippen molar-refractivity contribution in [3.05, 3.63) is 58.1 Å². The molecule has 3 aromatic rings. The number of anilines is 1. The van der Waals surface area contributed by atoms with E-state index in [-0.39, 0.29) is 11.7 Å². The Bertz CT molecular complexity index is 894. The van der Waals surface area contributed by atoms with Crippen LogP contribution in [-0.4, -0.2) is 21.9 Å². The van der Waals surface area contributed by atoms with Gasteiger partial charge in [0.1, 0.15) is 0 Å². The summed E-state index contributed by atoms with van der Waals surface area (Å²) in [4.78, 5) is 12.1. The third-order valence-corrected chi connectivity index (χ3v) is 5.18. The van der Waals surface area contributed by atoms with E-state index in [1.807, 2.05) is 56.3 Å². The van der Waals surface area contributed by atoms with E-state index in [0.29, 0.717) is 11.1 Å². The van der Waals surface area contributed by atoms with Crippen LogP contribution in [0.4, 0.5) is 5.69 Å². The van der Waals surface area contributed by atoms with E-state index in [4.69, 9.17) is 4.42 Å². The number of nitrogens with zero attached hydrogens (tertiary/aromatic N) is 2. The minimum Gasteiger partial charge on any atom is -0.411 e. The van der Waals surface area contributed by atoms with Crippen LogP contribution in [0.15, 0.2) is 56.6 Å². The quantitative estimate of drug-likeness (QED) is 0.601. The molecule has 2 aromatic carbocycles. The zero-order valence-electron chi connectivity index (χ0n) is 13.7. The van der Waals surface area contributed by atoms with Gasteiger partial charge in [0.15, 0.2) is 0 Å². The number of hydrogen-bond donors (Lipinski definition) is 1. The molecule has 0 bridgehead atoms. The first-order valence-electron chi connectivity index (χ1n) is 7.60. The normalized spacial score (nSPS) is 10.7. The lowest BCUT2D eigenvalue weighted by atomic mass is 10.1. The van der Waals surface area contributed by atoms with E-state index in [1.165, 1.54) is 11.8 Å². The Kier molecular flexibility index (Phi) is 5.55. The van der Waals surface area contributed by atoms with Crippen molar-refractivity contribution in [2.75, 3.05) is 11.1 Å². The summed E-state index contributed by atoms with van der Waals surface area (Å²) in [6, 6.07) is 13.5. The van der Waals surface area contributed by atoms with Gasteiger partial charge < -0.3 is 9.73 Å². The molecule has 0 fully saturated rings. The molecule has 1 amide bonds. The van der Waals surface area contributed by atoms with Gasteiger partial charge in [-0.1, -0.05) is 45.4 Å². The van der Waals surface area contributed by atoms with Crippen molar-refractivity contribution in [2.45, 2.75) is 19.1 Å². The van der Waals surface area contributed by atoms with E-state index in [9.17, 15) is 4.79 Å². The molecule has 0 unspecified atom stereocenters. The molecule has 128 valence electrons. The fraction of sp³-hybridized carbons (Fsp3) is 0.167. The zero-order valence-corrected chi connectivity index (χ0v) is 16.1. The number of carbonyl (C=O) groups is 1. The lowest BCUT2D eigenvalue weighted by molar-refractivity contribution is -0.113. The smallest absolute Gasteiger partial charge is 0.277 e. The zero-order chi connectivity index (χ0) is 17.8. The summed E-state index contributed by atoms with van der Waals surface area (Å²) >= 11 is 4.65. The average Bonchev–Trinajstić information content (AvgIpc) is 3.06. The monoisotopic (exact) mass is 417 g/mol. The summed E-state index contributed by atoms with van der Waals surface area (Å²) in [5, 5.41) is 11.2. The second kappa shape index (κ2) is 7.84. The Balaban J connectivity index is 1.57. The molecule has 0 radical (unpaired) electrons. The molecule has 0 aliphatic rings.